The highest BCUT2D eigenvalue weighted by Crippen LogP contribution is 2.16. The highest BCUT2D eigenvalue weighted by molar-refractivity contribution is 8.13. The van der Waals surface area contributed by atoms with Crippen molar-refractivity contribution in [3.8, 4) is 0 Å². The second kappa shape index (κ2) is 6.24. The van der Waals surface area contributed by atoms with E-state index in [1.165, 1.54) is 16.7 Å². The van der Waals surface area contributed by atoms with Gasteiger partial charge in [0.1, 0.15) is 6.54 Å². The van der Waals surface area contributed by atoms with Crippen molar-refractivity contribution in [3.05, 3.63) is 0 Å². The van der Waals surface area contributed by atoms with E-state index in [4.69, 9.17) is 12.2 Å². The molecule has 1 saturated heterocycles. The molecule has 0 aromatic carbocycles. The number of rotatable bonds is 2. The SMILES string of the molecule is CC(C)(C)NC(=S)NNC(=O)CN1CCSC1=O. The molecule has 0 aromatic rings. The van der Waals surface area contributed by atoms with Crippen molar-refractivity contribution in [1.29, 1.82) is 0 Å². The third-order valence-corrected chi connectivity index (χ3v) is 3.08. The molecule has 6 nitrogen and oxygen atoms in total. The topological polar surface area (TPSA) is 73.5 Å². The minimum atomic E-state index is -0.288. The maximum absolute atomic E-state index is 11.6. The summed E-state index contributed by atoms with van der Waals surface area (Å²) >= 11 is 6.23. The second-order valence-electron chi connectivity index (χ2n) is 4.91. The summed E-state index contributed by atoms with van der Waals surface area (Å²) in [5, 5.41) is 3.29. The van der Waals surface area contributed by atoms with Crippen molar-refractivity contribution < 1.29 is 9.59 Å². The zero-order valence-electron chi connectivity index (χ0n) is 10.7. The summed E-state index contributed by atoms with van der Waals surface area (Å²) in [4.78, 5) is 24.3. The van der Waals surface area contributed by atoms with Crippen molar-refractivity contribution in [2.45, 2.75) is 26.3 Å². The first-order chi connectivity index (χ1) is 8.28. The van der Waals surface area contributed by atoms with Gasteiger partial charge in [0.15, 0.2) is 5.11 Å². The van der Waals surface area contributed by atoms with Crippen LogP contribution in [0.15, 0.2) is 0 Å². The number of hydrazine groups is 1. The van der Waals surface area contributed by atoms with E-state index >= 15 is 0 Å². The Morgan fingerprint density at radius 1 is 1.44 bits per heavy atom. The van der Waals surface area contributed by atoms with E-state index in [-0.39, 0.29) is 23.2 Å². The zero-order valence-corrected chi connectivity index (χ0v) is 12.3. The molecule has 0 bridgehead atoms. The standard InChI is InChI=1S/C10H18N4O2S2/c1-10(2,3)11-8(17)13-12-7(15)6-14-4-5-18-9(14)16/h4-6H2,1-3H3,(H,12,15)(H2,11,13,17). The number of thioether (sulfide) groups is 1. The number of thiocarbonyl (C=S) groups is 1. The Kier molecular flexibility index (Phi) is 5.21. The average Bonchev–Trinajstić information content (AvgIpc) is 2.59. The minimum absolute atomic E-state index is 0.0525. The molecule has 3 N–H and O–H groups in total. The van der Waals surface area contributed by atoms with Gasteiger partial charge in [-0.2, -0.15) is 0 Å². The van der Waals surface area contributed by atoms with E-state index < -0.39 is 0 Å². The zero-order chi connectivity index (χ0) is 13.8. The van der Waals surface area contributed by atoms with Gasteiger partial charge in [-0.25, -0.2) is 0 Å². The van der Waals surface area contributed by atoms with Crippen molar-refractivity contribution >= 4 is 40.2 Å². The number of hydrogen-bond donors (Lipinski definition) is 3. The van der Waals surface area contributed by atoms with Gasteiger partial charge < -0.3 is 10.2 Å². The van der Waals surface area contributed by atoms with Crippen LogP contribution in [0.5, 0.6) is 0 Å². The van der Waals surface area contributed by atoms with E-state index in [0.717, 1.165) is 5.75 Å². The Morgan fingerprint density at radius 2 is 2.11 bits per heavy atom. The van der Waals surface area contributed by atoms with Crippen LogP contribution in [0.3, 0.4) is 0 Å². The van der Waals surface area contributed by atoms with Crippen molar-refractivity contribution in [2.24, 2.45) is 0 Å². The lowest BCUT2D eigenvalue weighted by Gasteiger charge is -2.23. The van der Waals surface area contributed by atoms with Crippen LogP contribution in [-0.4, -0.2) is 45.5 Å². The van der Waals surface area contributed by atoms with Gasteiger partial charge in [0, 0.05) is 17.8 Å². The Hall–Kier alpha value is -1.02. The van der Waals surface area contributed by atoms with E-state index in [9.17, 15) is 9.59 Å². The minimum Gasteiger partial charge on any atom is -0.357 e. The maximum atomic E-state index is 11.6. The van der Waals surface area contributed by atoms with Gasteiger partial charge in [-0.1, -0.05) is 11.8 Å². The molecule has 2 amide bonds. The molecule has 0 unspecified atom stereocenters. The first-order valence-electron chi connectivity index (χ1n) is 5.56. The summed E-state index contributed by atoms with van der Waals surface area (Å²) in [5.41, 5.74) is 4.89. The molecule has 1 rings (SSSR count). The largest absolute Gasteiger partial charge is 0.357 e. The summed E-state index contributed by atoms with van der Waals surface area (Å²) < 4.78 is 0. The quantitative estimate of drug-likeness (QED) is 0.506. The molecule has 0 spiro atoms. The fourth-order valence-corrected chi connectivity index (χ4v) is 2.46. The van der Waals surface area contributed by atoms with Gasteiger partial charge in [-0.05, 0) is 33.0 Å². The van der Waals surface area contributed by atoms with Crippen LogP contribution in [0.25, 0.3) is 0 Å². The Balaban J connectivity index is 2.25. The number of hydrogen-bond acceptors (Lipinski definition) is 4. The molecule has 102 valence electrons. The van der Waals surface area contributed by atoms with Crippen molar-refractivity contribution in [2.75, 3.05) is 18.8 Å². The van der Waals surface area contributed by atoms with E-state index in [1.54, 1.807) is 0 Å². The molecule has 18 heavy (non-hydrogen) atoms. The smallest absolute Gasteiger partial charge is 0.282 e. The molecule has 0 atom stereocenters. The van der Waals surface area contributed by atoms with Crippen molar-refractivity contribution in [1.82, 2.24) is 21.1 Å². The summed E-state index contributed by atoms with van der Waals surface area (Å²) in [6.07, 6.45) is 0. The molecule has 1 aliphatic heterocycles. The first-order valence-corrected chi connectivity index (χ1v) is 6.96. The number of carbonyl (C=O) groups is 2. The lowest BCUT2D eigenvalue weighted by molar-refractivity contribution is -0.122. The van der Waals surface area contributed by atoms with Crippen LogP contribution in [0.1, 0.15) is 20.8 Å². The highest BCUT2D eigenvalue weighted by atomic mass is 32.2. The fraction of sp³-hybridized carbons (Fsp3) is 0.700. The first kappa shape index (κ1) is 15.0. The van der Waals surface area contributed by atoms with Gasteiger partial charge in [0.25, 0.3) is 11.1 Å². The molecule has 0 aromatic heterocycles. The molecular weight excluding hydrogens is 272 g/mol. The van der Waals surface area contributed by atoms with Gasteiger partial charge in [-0.15, -0.1) is 0 Å². The van der Waals surface area contributed by atoms with E-state index in [2.05, 4.69) is 16.2 Å². The maximum Gasteiger partial charge on any atom is 0.282 e. The number of amides is 2. The molecule has 8 heteroatoms. The molecule has 1 fully saturated rings. The normalized spacial score (nSPS) is 15.5. The fourth-order valence-electron chi connectivity index (χ4n) is 1.28. The monoisotopic (exact) mass is 290 g/mol. The summed E-state index contributed by atoms with van der Waals surface area (Å²) in [7, 11) is 0. The average molecular weight is 290 g/mol. The molecule has 1 aliphatic rings. The van der Waals surface area contributed by atoms with Crippen LogP contribution < -0.4 is 16.2 Å². The molecule has 0 radical (unpaired) electrons. The van der Waals surface area contributed by atoms with Crippen LogP contribution in [0.2, 0.25) is 0 Å². The predicted octanol–water partition coefficient (Wildman–Crippen LogP) is 0.449. The van der Waals surface area contributed by atoms with Gasteiger partial charge >= 0.3 is 0 Å². The molecular formula is C10H18N4O2S2. The molecule has 0 aliphatic carbocycles. The van der Waals surface area contributed by atoms with Crippen LogP contribution in [-0.2, 0) is 4.79 Å². The third-order valence-electron chi connectivity index (χ3n) is 1.98. The second-order valence-corrected chi connectivity index (χ2v) is 6.37. The lowest BCUT2D eigenvalue weighted by atomic mass is 10.1. The van der Waals surface area contributed by atoms with Gasteiger partial charge in [0.05, 0.1) is 0 Å². The Labute approximate surface area is 116 Å². The van der Waals surface area contributed by atoms with Gasteiger partial charge in [0.2, 0.25) is 0 Å². The highest BCUT2D eigenvalue weighted by Gasteiger charge is 2.23. The van der Waals surface area contributed by atoms with Gasteiger partial charge in [-0.3, -0.25) is 20.4 Å². The van der Waals surface area contributed by atoms with Crippen LogP contribution >= 0.6 is 24.0 Å². The number of nitrogens with one attached hydrogen (secondary N) is 3. The Morgan fingerprint density at radius 3 is 2.61 bits per heavy atom. The number of carbonyl (C=O) groups excluding carboxylic acids is 2. The lowest BCUT2D eigenvalue weighted by Crippen LogP contribution is -2.53. The van der Waals surface area contributed by atoms with E-state index in [1.807, 2.05) is 20.8 Å². The van der Waals surface area contributed by atoms with Crippen LogP contribution in [0, 0.1) is 0 Å². The third kappa shape index (κ3) is 5.54. The van der Waals surface area contributed by atoms with E-state index in [0.29, 0.717) is 11.7 Å². The predicted molar refractivity (Wildman–Crippen MR) is 76.2 cm³/mol. The number of nitrogens with zero attached hydrogens (tertiary/aromatic N) is 1. The molecule has 0 saturated carbocycles. The van der Waals surface area contributed by atoms with Crippen LogP contribution in [0.4, 0.5) is 4.79 Å². The molecule has 1 heterocycles. The Bertz CT molecular complexity index is 354. The van der Waals surface area contributed by atoms with Crippen molar-refractivity contribution in [3.63, 3.8) is 0 Å². The summed E-state index contributed by atoms with van der Waals surface area (Å²) in [6, 6.07) is 0. The summed E-state index contributed by atoms with van der Waals surface area (Å²) in [6.45, 7) is 6.55. The summed E-state index contributed by atoms with van der Waals surface area (Å²) in [5.74, 6) is 0.452.